The predicted octanol–water partition coefficient (Wildman–Crippen LogP) is 5.94. The summed E-state index contributed by atoms with van der Waals surface area (Å²) in [5.74, 6) is -0.0754. The molecule has 1 atom stereocenters. The molecule has 1 aliphatic rings. The molecule has 1 heterocycles. The average molecular weight is 524 g/mol. The summed E-state index contributed by atoms with van der Waals surface area (Å²) in [6, 6.07) is 15.6. The number of ether oxygens (including phenoxy) is 1. The topological polar surface area (TPSA) is 41.6 Å². The van der Waals surface area contributed by atoms with E-state index in [1.165, 1.54) is 25.3 Å². The Morgan fingerprint density at radius 2 is 1.93 bits per heavy atom. The highest BCUT2D eigenvalue weighted by atomic mass is 127. The second-order valence-electron chi connectivity index (χ2n) is 7.19. The number of rotatable bonds is 9. The lowest BCUT2D eigenvalue weighted by Gasteiger charge is -2.22. The molecule has 2 aromatic carbocycles. The molecule has 0 aromatic heterocycles. The van der Waals surface area contributed by atoms with E-state index in [-0.39, 0.29) is 12.0 Å². The zero-order chi connectivity index (χ0) is 20.6. The van der Waals surface area contributed by atoms with Crippen LogP contribution in [0.3, 0.4) is 0 Å². The maximum Gasteiger partial charge on any atom is 0.305 e. The Balaban J connectivity index is 1.61. The van der Waals surface area contributed by atoms with Crippen molar-refractivity contribution in [1.82, 2.24) is 5.32 Å². The second-order valence-corrected chi connectivity index (χ2v) is 9.60. The Morgan fingerprint density at radius 1 is 1.14 bits per heavy atom. The van der Waals surface area contributed by atoms with Gasteiger partial charge in [-0.2, -0.15) is 0 Å². The number of carbonyl (C=O) groups is 1. The van der Waals surface area contributed by atoms with Gasteiger partial charge < -0.3 is 14.4 Å². The summed E-state index contributed by atoms with van der Waals surface area (Å²) in [6.07, 6.45) is 4.73. The highest BCUT2D eigenvalue weighted by Gasteiger charge is 2.26. The van der Waals surface area contributed by atoms with Gasteiger partial charge in [0.25, 0.3) is 0 Å². The van der Waals surface area contributed by atoms with Crippen LogP contribution in [0.1, 0.15) is 56.2 Å². The van der Waals surface area contributed by atoms with Crippen LogP contribution in [0, 0.1) is 3.57 Å². The fourth-order valence-electron chi connectivity index (χ4n) is 3.66. The zero-order valence-corrected chi connectivity index (χ0v) is 20.1. The largest absolute Gasteiger partial charge is 0.466 e. The smallest absolute Gasteiger partial charge is 0.305 e. The van der Waals surface area contributed by atoms with E-state index in [4.69, 9.17) is 4.74 Å². The van der Waals surface area contributed by atoms with Crippen molar-refractivity contribution in [2.24, 2.45) is 0 Å². The van der Waals surface area contributed by atoms with Crippen molar-refractivity contribution in [3.63, 3.8) is 0 Å². The van der Waals surface area contributed by atoms with Gasteiger partial charge >= 0.3 is 5.97 Å². The van der Waals surface area contributed by atoms with Crippen LogP contribution in [0.2, 0.25) is 0 Å². The summed E-state index contributed by atoms with van der Waals surface area (Å²) >= 11 is 4.18. The summed E-state index contributed by atoms with van der Waals surface area (Å²) in [4.78, 5) is 12.7. The molecule has 0 radical (unpaired) electrons. The molecule has 29 heavy (non-hydrogen) atoms. The van der Waals surface area contributed by atoms with E-state index in [1.54, 1.807) is 11.9 Å². The highest BCUT2D eigenvalue weighted by molar-refractivity contribution is 14.1. The van der Waals surface area contributed by atoms with Gasteiger partial charge in [0.15, 0.2) is 0 Å². The third-order valence-corrected chi connectivity index (χ3v) is 6.76. The number of hydrogen-bond acceptors (Lipinski definition) is 5. The van der Waals surface area contributed by atoms with Gasteiger partial charge in [-0.05, 0) is 90.2 Å². The van der Waals surface area contributed by atoms with Crippen LogP contribution in [-0.2, 0) is 9.53 Å². The van der Waals surface area contributed by atoms with Crippen molar-refractivity contribution in [1.29, 1.82) is 0 Å². The summed E-state index contributed by atoms with van der Waals surface area (Å²) in [5, 5.41) is 3.80. The molecule has 1 unspecified atom stereocenters. The quantitative estimate of drug-likeness (QED) is 0.190. The van der Waals surface area contributed by atoms with E-state index in [9.17, 15) is 4.79 Å². The van der Waals surface area contributed by atoms with Crippen LogP contribution < -0.4 is 9.62 Å². The van der Waals surface area contributed by atoms with Crippen molar-refractivity contribution in [2.75, 3.05) is 24.5 Å². The van der Waals surface area contributed by atoms with Crippen LogP contribution in [0.15, 0.2) is 47.4 Å². The van der Waals surface area contributed by atoms with E-state index in [2.05, 4.69) is 81.7 Å². The lowest BCUT2D eigenvalue weighted by Crippen LogP contribution is -2.24. The van der Waals surface area contributed by atoms with Crippen molar-refractivity contribution in [3.8, 4) is 0 Å². The first-order chi connectivity index (χ1) is 14.1. The van der Waals surface area contributed by atoms with E-state index in [0.717, 1.165) is 32.2 Å². The number of para-hydroxylation sites is 1. The molecule has 0 spiro atoms. The standard InChI is InChI=1S/C23H29IN2O2S/c1-3-28-22(27)12-6-4-5-9-15-25-23-18-10-7-8-11-20(18)26(2)29-21-16-17(24)13-14-19(21)23/h7-8,10-11,13-14,16,23,25H,3-6,9,12,15H2,1-2H3. The third kappa shape index (κ3) is 6.12. The molecule has 1 aliphatic heterocycles. The molecule has 0 amide bonds. The summed E-state index contributed by atoms with van der Waals surface area (Å²) < 4.78 is 8.51. The molecule has 4 nitrogen and oxygen atoms in total. The lowest BCUT2D eigenvalue weighted by molar-refractivity contribution is -0.143. The molecule has 6 heteroatoms. The molecule has 156 valence electrons. The first-order valence-corrected chi connectivity index (χ1v) is 12.1. The SMILES string of the molecule is CCOC(=O)CCCCCCNC1c2ccc(I)cc2SN(C)c2ccccc21. The van der Waals surface area contributed by atoms with E-state index in [1.807, 2.05) is 6.92 Å². The van der Waals surface area contributed by atoms with E-state index in [0.29, 0.717) is 13.0 Å². The van der Waals surface area contributed by atoms with Gasteiger partial charge in [-0.1, -0.05) is 37.1 Å². The molecular formula is C23H29IN2O2S. The molecule has 1 N–H and O–H groups in total. The van der Waals surface area contributed by atoms with Gasteiger partial charge in [-0.3, -0.25) is 4.79 Å². The maximum absolute atomic E-state index is 11.4. The van der Waals surface area contributed by atoms with Crippen molar-refractivity contribution in [2.45, 2.75) is 50.0 Å². The number of anilines is 1. The first-order valence-electron chi connectivity index (χ1n) is 10.3. The Kier molecular flexibility index (Phi) is 8.68. The summed E-state index contributed by atoms with van der Waals surface area (Å²) in [6.45, 7) is 3.28. The third-order valence-electron chi connectivity index (χ3n) is 5.07. The molecule has 0 aliphatic carbocycles. The zero-order valence-electron chi connectivity index (χ0n) is 17.1. The molecule has 0 saturated carbocycles. The molecule has 2 aromatic rings. The maximum atomic E-state index is 11.4. The van der Waals surface area contributed by atoms with E-state index < -0.39 is 0 Å². The van der Waals surface area contributed by atoms with Gasteiger partial charge in [0, 0.05) is 21.9 Å². The number of esters is 1. The number of carbonyl (C=O) groups excluding carboxylic acids is 1. The number of benzene rings is 2. The Bertz CT molecular complexity index is 830. The van der Waals surface area contributed by atoms with Crippen LogP contribution in [0.5, 0.6) is 0 Å². The van der Waals surface area contributed by atoms with Gasteiger partial charge in [0.1, 0.15) is 0 Å². The Labute approximate surface area is 192 Å². The Morgan fingerprint density at radius 3 is 2.76 bits per heavy atom. The molecular weight excluding hydrogens is 495 g/mol. The normalized spacial score (nSPS) is 15.4. The molecule has 3 rings (SSSR count). The number of halogens is 1. The van der Waals surface area contributed by atoms with Gasteiger partial charge in [0.2, 0.25) is 0 Å². The fourth-order valence-corrected chi connectivity index (χ4v) is 5.39. The second kappa shape index (κ2) is 11.2. The first kappa shape index (κ1) is 22.4. The Hall–Kier alpha value is -1.25. The van der Waals surface area contributed by atoms with Crippen LogP contribution >= 0.6 is 34.5 Å². The molecule has 0 fully saturated rings. The van der Waals surface area contributed by atoms with Gasteiger partial charge in [0.05, 0.1) is 18.3 Å². The monoisotopic (exact) mass is 524 g/mol. The molecule has 0 bridgehead atoms. The van der Waals surface area contributed by atoms with Crippen LogP contribution in [-0.4, -0.2) is 26.2 Å². The number of nitrogens with one attached hydrogen (secondary N) is 1. The minimum absolute atomic E-state index is 0.0754. The van der Waals surface area contributed by atoms with Crippen molar-refractivity contribution in [3.05, 3.63) is 57.2 Å². The average Bonchev–Trinajstić information content (AvgIpc) is 2.82. The van der Waals surface area contributed by atoms with Gasteiger partial charge in [-0.15, -0.1) is 0 Å². The minimum Gasteiger partial charge on any atom is -0.466 e. The number of nitrogens with zero attached hydrogens (tertiary/aromatic N) is 1. The predicted molar refractivity (Wildman–Crippen MR) is 129 cm³/mol. The minimum atomic E-state index is -0.0754. The summed E-state index contributed by atoms with van der Waals surface area (Å²) in [7, 11) is 2.14. The molecule has 0 saturated heterocycles. The number of fused-ring (bicyclic) bond motifs is 2. The van der Waals surface area contributed by atoms with Crippen LogP contribution in [0.4, 0.5) is 5.69 Å². The lowest BCUT2D eigenvalue weighted by atomic mass is 9.96. The van der Waals surface area contributed by atoms with Crippen molar-refractivity contribution < 1.29 is 9.53 Å². The number of hydrogen-bond donors (Lipinski definition) is 1. The summed E-state index contributed by atoms with van der Waals surface area (Å²) in [5.41, 5.74) is 3.93. The van der Waals surface area contributed by atoms with Crippen molar-refractivity contribution >= 4 is 46.2 Å². The van der Waals surface area contributed by atoms with E-state index >= 15 is 0 Å². The van der Waals surface area contributed by atoms with Crippen LogP contribution in [0.25, 0.3) is 0 Å². The van der Waals surface area contributed by atoms with Gasteiger partial charge in [-0.25, -0.2) is 0 Å². The fraction of sp³-hybridized carbons (Fsp3) is 0.435. The highest BCUT2D eigenvalue weighted by Crippen LogP contribution is 2.43. The number of unbranched alkanes of at least 4 members (excludes halogenated alkanes) is 3.